The van der Waals surface area contributed by atoms with Crippen molar-refractivity contribution >= 4 is 5.97 Å². The fourth-order valence-electron chi connectivity index (χ4n) is 1.46. The first-order chi connectivity index (χ1) is 7.76. The van der Waals surface area contributed by atoms with E-state index in [0.29, 0.717) is 6.42 Å². The maximum Gasteiger partial charge on any atom is 0.355 e. The number of unbranched alkanes of at least 4 members (excludes halogenated alkanes) is 5. The second kappa shape index (κ2) is 10.1. The summed E-state index contributed by atoms with van der Waals surface area (Å²) >= 11 is 0. The van der Waals surface area contributed by atoms with E-state index in [1.807, 2.05) is 11.4 Å². The molecule has 90 valence electrons. The minimum atomic E-state index is -0.858. The summed E-state index contributed by atoms with van der Waals surface area (Å²) in [5, 5.41) is 10.7. The van der Waals surface area contributed by atoms with Crippen molar-refractivity contribution in [2.75, 3.05) is 0 Å². The van der Waals surface area contributed by atoms with Crippen LogP contribution in [0.15, 0.2) is 5.34 Å². The van der Waals surface area contributed by atoms with Crippen molar-refractivity contribution < 1.29 is 9.63 Å². The lowest BCUT2D eigenvalue weighted by atomic mass is 10.0. The molecule has 0 spiro atoms. The van der Waals surface area contributed by atoms with Crippen molar-refractivity contribution in [3.8, 4) is 6.07 Å². The van der Waals surface area contributed by atoms with Gasteiger partial charge in [0.1, 0.15) is 5.92 Å². The number of nitriles is 1. The van der Waals surface area contributed by atoms with E-state index in [4.69, 9.17) is 5.26 Å². The molecule has 0 amide bonds. The molecule has 0 fully saturated rings. The Kier molecular flexibility index (Phi) is 9.18. The molecule has 0 aromatic heterocycles. The van der Waals surface area contributed by atoms with Crippen LogP contribution in [0.2, 0.25) is 0 Å². The fraction of sp³-hybridized carbons (Fsp3) is 0.818. The Morgan fingerprint density at radius 3 is 2.50 bits per heavy atom. The number of carbonyl (C=O) groups is 1. The topological polar surface area (TPSA) is 79.5 Å². The molecule has 0 rings (SSSR count). The third-order valence-corrected chi connectivity index (χ3v) is 2.41. The first-order valence-electron chi connectivity index (χ1n) is 5.69. The molecule has 0 bridgehead atoms. The summed E-state index contributed by atoms with van der Waals surface area (Å²) in [6.45, 7) is 2.15. The second-order valence-electron chi connectivity index (χ2n) is 3.72. The molecule has 1 atom stereocenters. The van der Waals surface area contributed by atoms with Gasteiger partial charge < -0.3 is 0 Å². The van der Waals surface area contributed by atoms with Crippen LogP contribution in [0.1, 0.15) is 51.9 Å². The Morgan fingerprint density at radius 2 is 1.94 bits per heavy atom. The third kappa shape index (κ3) is 6.93. The van der Waals surface area contributed by atoms with Crippen molar-refractivity contribution in [1.29, 1.82) is 5.26 Å². The Morgan fingerprint density at radius 1 is 1.31 bits per heavy atom. The Bertz CT molecular complexity index is 248. The molecule has 0 saturated carbocycles. The summed E-state index contributed by atoms with van der Waals surface area (Å²) in [4.78, 5) is 24.6. The molecular weight excluding hydrogens is 208 g/mol. The van der Waals surface area contributed by atoms with Crippen LogP contribution < -0.4 is 0 Å². The van der Waals surface area contributed by atoms with Crippen LogP contribution in [0.4, 0.5) is 0 Å². The molecule has 0 saturated heterocycles. The van der Waals surface area contributed by atoms with Crippen molar-refractivity contribution in [3.63, 3.8) is 0 Å². The molecule has 16 heavy (non-hydrogen) atoms. The molecule has 0 aliphatic rings. The molecule has 0 N–H and O–H groups in total. The molecule has 5 heteroatoms. The van der Waals surface area contributed by atoms with Crippen LogP contribution in [-0.4, -0.2) is 5.97 Å². The van der Waals surface area contributed by atoms with Crippen LogP contribution >= 0.6 is 0 Å². The maximum atomic E-state index is 11.0. The highest BCUT2D eigenvalue weighted by molar-refractivity contribution is 5.74. The number of nitrogens with zero attached hydrogens (tertiary/aromatic N) is 2. The summed E-state index contributed by atoms with van der Waals surface area (Å²) in [5.41, 5.74) is 0. The molecule has 5 nitrogen and oxygen atoms in total. The highest BCUT2D eigenvalue weighted by Gasteiger charge is 2.19. The standard InChI is InChI=1S/C11H18N2O3/c1-2-3-4-5-6-7-8-10(9-12)11(14)16-13-15/h10H,2-8H2,1H3. The molecular formula is C11H18N2O3. The van der Waals surface area contributed by atoms with Gasteiger partial charge in [-0.25, -0.2) is 4.79 Å². The van der Waals surface area contributed by atoms with Gasteiger partial charge in [-0.2, -0.15) is 5.26 Å². The molecule has 0 heterocycles. The quantitative estimate of drug-likeness (QED) is 0.343. The maximum absolute atomic E-state index is 11.0. The third-order valence-electron chi connectivity index (χ3n) is 2.41. The predicted molar refractivity (Wildman–Crippen MR) is 59.0 cm³/mol. The zero-order chi connectivity index (χ0) is 12.2. The molecule has 0 aromatic rings. The van der Waals surface area contributed by atoms with Gasteiger partial charge >= 0.3 is 5.97 Å². The molecule has 0 aliphatic carbocycles. The number of carbonyl (C=O) groups excluding carboxylic acids is 1. The zero-order valence-electron chi connectivity index (χ0n) is 9.65. The van der Waals surface area contributed by atoms with Crippen molar-refractivity contribution in [1.82, 2.24) is 0 Å². The summed E-state index contributed by atoms with van der Waals surface area (Å²) in [6, 6.07) is 1.82. The van der Waals surface area contributed by atoms with Crippen molar-refractivity contribution in [2.24, 2.45) is 11.3 Å². The van der Waals surface area contributed by atoms with Gasteiger partial charge in [-0.1, -0.05) is 45.4 Å². The normalized spacial score (nSPS) is 11.5. The van der Waals surface area contributed by atoms with Gasteiger partial charge in [0.05, 0.1) is 6.07 Å². The van der Waals surface area contributed by atoms with Crippen LogP contribution in [0, 0.1) is 22.2 Å². The minimum absolute atomic E-state index is 0.441. The average Bonchev–Trinajstić information content (AvgIpc) is 2.28. The lowest BCUT2D eigenvalue weighted by Gasteiger charge is -2.04. The van der Waals surface area contributed by atoms with Crippen LogP contribution in [0.3, 0.4) is 0 Å². The van der Waals surface area contributed by atoms with Crippen LogP contribution in [-0.2, 0) is 9.63 Å². The highest BCUT2D eigenvalue weighted by Crippen LogP contribution is 2.13. The molecule has 0 aromatic carbocycles. The summed E-state index contributed by atoms with van der Waals surface area (Å²) in [5.74, 6) is -1.70. The van der Waals surface area contributed by atoms with Gasteiger partial charge in [0.2, 0.25) is 0 Å². The Balaban J connectivity index is 3.60. The smallest absolute Gasteiger partial charge is 0.283 e. The van der Waals surface area contributed by atoms with Gasteiger partial charge in [-0.05, 0) is 6.42 Å². The van der Waals surface area contributed by atoms with Gasteiger partial charge in [0.25, 0.3) is 0 Å². The SMILES string of the molecule is CCCCCCCCC(C#N)C(=O)ON=O. The second-order valence-corrected chi connectivity index (χ2v) is 3.72. The summed E-state index contributed by atoms with van der Waals surface area (Å²) in [7, 11) is 0. The largest absolute Gasteiger partial charge is 0.355 e. The van der Waals surface area contributed by atoms with E-state index in [1.54, 1.807) is 0 Å². The van der Waals surface area contributed by atoms with Gasteiger partial charge in [-0.15, -0.1) is 4.91 Å². The monoisotopic (exact) mass is 226 g/mol. The highest BCUT2D eigenvalue weighted by atomic mass is 16.7. The van der Waals surface area contributed by atoms with E-state index in [0.717, 1.165) is 19.3 Å². The van der Waals surface area contributed by atoms with E-state index in [2.05, 4.69) is 11.8 Å². The van der Waals surface area contributed by atoms with Gasteiger partial charge in [-0.3, -0.25) is 4.84 Å². The lowest BCUT2D eigenvalue weighted by molar-refractivity contribution is -0.147. The number of hydrogen-bond donors (Lipinski definition) is 0. The van der Waals surface area contributed by atoms with Gasteiger partial charge in [0, 0.05) is 0 Å². The Hall–Kier alpha value is -1.44. The first kappa shape index (κ1) is 14.6. The number of hydrogen-bond acceptors (Lipinski definition) is 5. The number of rotatable bonds is 9. The van der Waals surface area contributed by atoms with E-state index in [-0.39, 0.29) is 0 Å². The van der Waals surface area contributed by atoms with Crippen molar-refractivity contribution in [2.45, 2.75) is 51.9 Å². The first-order valence-corrected chi connectivity index (χ1v) is 5.69. The van der Waals surface area contributed by atoms with E-state index >= 15 is 0 Å². The minimum Gasteiger partial charge on any atom is -0.283 e. The van der Waals surface area contributed by atoms with Crippen molar-refractivity contribution in [3.05, 3.63) is 4.91 Å². The molecule has 1 unspecified atom stereocenters. The van der Waals surface area contributed by atoms with E-state index < -0.39 is 11.9 Å². The zero-order valence-corrected chi connectivity index (χ0v) is 9.65. The van der Waals surface area contributed by atoms with E-state index in [9.17, 15) is 9.70 Å². The van der Waals surface area contributed by atoms with Gasteiger partial charge in [0.15, 0.2) is 5.34 Å². The molecule has 0 radical (unpaired) electrons. The Labute approximate surface area is 95.7 Å². The van der Waals surface area contributed by atoms with Crippen LogP contribution in [0.5, 0.6) is 0 Å². The van der Waals surface area contributed by atoms with Crippen LogP contribution in [0.25, 0.3) is 0 Å². The predicted octanol–water partition coefficient (Wildman–Crippen LogP) is 3.10. The lowest BCUT2D eigenvalue weighted by Crippen LogP contribution is -2.13. The van der Waals surface area contributed by atoms with E-state index in [1.165, 1.54) is 19.3 Å². The fourth-order valence-corrected chi connectivity index (χ4v) is 1.46. The average molecular weight is 226 g/mol. The summed E-state index contributed by atoms with van der Waals surface area (Å²) in [6.07, 6.45) is 6.96. The summed E-state index contributed by atoms with van der Waals surface area (Å²) < 4.78 is 0. The molecule has 0 aliphatic heterocycles.